The quantitative estimate of drug-likeness (QED) is 0.607. The monoisotopic (exact) mass is 364 g/mol. The standard InChI is InChI=1S/C17H13ClO7/c1-22-7-4-8-11(12-13(18)16(21)25-17(12)23-8)14-10(7)5-2-3-6(19)9(5)15(20)24-14/h4,12-13,16-17,21H,2-3H2,1H3/t12-,13?,16?,17+/m1/s1. The minimum absolute atomic E-state index is 0.0892. The van der Waals surface area contributed by atoms with Crippen molar-refractivity contribution in [1.29, 1.82) is 0 Å². The van der Waals surface area contributed by atoms with Crippen molar-refractivity contribution < 1.29 is 28.5 Å². The van der Waals surface area contributed by atoms with E-state index in [-0.39, 0.29) is 23.4 Å². The topological polar surface area (TPSA) is 95.2 Å². The van der Waals surface area contributed by atoms with Crippen LogP contribution in [0.25, 0.3) is 11.0 Å². The highest BCUT2D eigenvalue weighted by Gasteiger charge is 2.52. The number of fused-ring (bicyclic) bond motifs is 7. The van der Waals surface area contributed by atoms with E-state index in [9.17, 15) is 14.7 Å². The molecule has 3 aliphatic rings. The van der Waals surface area contributed by atoms with Gasteiger partial charge in [-0.05, 0) is 12.0 Å². The Hall–Kier alpha value is -2.09. The first-order valence-corrected chi connectivity index (χ1v) is 8.33. The number of benzene rings is 1. The van der Waals surface area contributed by atoms with Crippen LogP contribution in [-0.4, -0.2) is 36.0 Å². The Balaban J connectivity index is 1.88. The van der Waals surface area contributed by atoms with Crippen LogP contribution >= 0.6 is 11.6 Å². The Bertz CT molecular complexity index is 995. The molecular formula is C17H13ClO7. The van der Waals surface area contributed by atoms with E-state index in [2.05, 4.69) is 0 Å². The van der Waals surface area contributed by atoms with Crippen LogP contribution in [0.4, 0.5) is 0 Å². The summed E-state index contributed by atoms with van der Waals surface area (Å²) in [6.45, 7) is 0. The maximum Gasteiger partial charge on any atom is 0.347 e. The number of carbonyl (C=O) groups excluding carboxylic acids is 1. The highest BCUT2D eigenvalue weighted by atomic mass is 35.5. The average molecular weight is 365 g/mol. The molecule has 1 fully saturated rings. The summed E-state index contributed by atoms with van der Waals surface area (Å²) < 4.78 is 22.0. The molecule has 0 bridgehead atoms. The predicted molar refractivity (Wildman–Crippen MR) is 85.6 cm³/mol. The lowest BCUT2D eigenvalue weighted by molar-refractivity contribution is -0.146. The largest absolute Gasteiger partial charge is 0.496 e. The molecular weight excluding hydrogens is 352 g/mol. The van der Waals surface area contributed by atoms with E-state index in [0.29, 0.717) is 34.4 Å². The molecule has 5 rings (SSSR count). The number of rotatable bonds is 1. The molecule has 8 heteroatoms. The highest BCUT2D eigenvalue weighted by molar-refractivity contribution is 6.22. The van der Waals surface area contributed by atoms with Gasteiger partial charge < -0.3 is 23.7 Å². The number of methoxy groups -OCH3 is 1. The van der Waals surface area contributed by atoms with Crippen molar-refractivity contribution in [3.63, 3.8) is 0 Å². The van der Waals surface area contributed by atoms with Gasteiger partial charge in [0.2, 0.25) is 6.29 Å². The SMILES string of the molecule is COc1cc2c(c3oc(=O)c4c(c13)CCC4=O)[C@@H]1C(Cl)C(O)O[C@@H]1O2. The molecule has 1 N–H and O–H groups in total. The summed E-state index contributed by atoms with van der Waals surface area (Å²) in [5.41, 5.74) is 0.894. The summed E-state index contributed by atoms with van der Waals surface area (Å²) in [5, 5.41) is 9.68. The molecule has 0 spiro atoms. The summed E-state index contributed by atoms with van der Waals surface area (Å²) in [7, 11) is 1.50. The summed E-state index contributed by atoms with van der Waals surface area (Å²) in [4.78, 5) is 24.4. The second kappa shape index (κ2) is 4.97. The first kappa shape index (κ1) is 15.2. The third-order valence-corrected chi connectivity index (χ3v) is 5.59. The lowest BCUT2D eigenvalue weighted by atomic mass is 9.93. The van der Waals surface area contributed by atoms with E-state index >= 15 is 0 Å². The Kier molecular flexibility index (Phi) is 3.02. The van der Waals surface area contributed by atoms with Crippen molar-refractivity contribution in [3.05, 3.63) is 33.2 Å². The number of aliphatic hydroxyl groups excluding tert-OH is 1. The first-order chi connectivity index (χ1) is 12.0. The van der Waals surface area contributed by atoms with E-state index in [1.807, 2.05) is 0 Å². The van der Waals surface area contributed by atoms with Crippen molar-refractivity contribution in [2.75, 3.05) is 7.11 Å². The number of Topliss-reactive ketones (excluding diaryl/α,β-unsaturated/α-hetero) is 1. The Labute approximate surface area is 146 Å². The van der Waals surface area contributed by atoms with Crippen molar-refractivity contribution in [2.24, 2.45) is 0 Å². The zero-order valence-electron chi connectivity index (χ0n) is 13.1. The van der Waals surface area contributed by atoms with Crippen molar-refractivity contribution in [1.82, 2.24) is 0 Å². The van der Waals surface area contributed by atoms with Crippen LogP contribution in [0.3, 0.4) is 0 Å². The summed E-state index contributed by atoms with van der Waals surface area (Å²) in [6, 6.07) is 1.68. The van der Waals surface area contributed by atoms with Gasteiger partial charge in [0.25, 0.3) is 0 Å². The Morgan fingerprint density at radius 2 is 2.12 bits per heavy atom. The number of carbonyl (C=O) groups is 1. The lowest BCUT2D eigenvalue weighted by Gasteiger charge is -2.15. The van der Waals surface area contributed by atoms with Gasteiger partial charge in [0.05, 0.1) is 23.8 Å². The van der Waals surface area contributed by atoms with Crippen molar-refractivity contribution in [3.8, 4) is 11.5 Å². The molecule has 0 saturated carbocycles. The minimum Gasteiger partial charge on any atom is -0.496 e. The highest BCUT2D eigenvalue weighted by Crippen LogP contribution is 2.53. The fourth-order valence-electron chi connectivity index (χ4n) is 4.03. The normalized spacial score (nSPS) is 29.5. The Morgan fingerprint density at radius 1 is 1.32 bits per heavy atom. The Morgan fingerprint density at radius 3 is 2.88 bits per heavy atom. The third kappa shape index (κ3) is 1.83. The van der Waals surface area contributed by atoms with Gasteiger partial charge >= 0.3 is 5.63 Å². The van der Waals surface area contributed by atoms with Crippen LogP contribution in [-0.2, 0) is 11.2 Å². The van der Waals surface area contributed by atoms with Gasteiger partial charge in [-0.3, -0.25) is 4.79 Å². The number of hydrogen-bond acceptors (Lipinski definition) is 7. The maximum atomic E-state index is 12.4. The van der Waals surface area contributed by atoms with Gasteiger partial charge in [-0.25, -0.2) is 4.79 Å². The molecule has 1 aliphatic carbocycles. The number of aryl methyl sites for hydroxylation is 1. The molecule has 130 valence electrons. The van der Waals surface area contributed by atoms with Crippen LogP contribution in [0.15, 0.2) is 15.3 Å². The van der Waals surface area contributed by atoms with E-state index in [1.54, 1.807) is 6.07 Å². The minimum atomic E-state index is -1.18. The lowest BCUT2D eigenvalue weighted by Crippen LogP contribution is -2.19. The molecule has 2 unspecified atom stereocenters. The predicted octanol–water partition coefficient (Wildman–Crippen LogP) is 1.69. The average Bonchev–Trinajstić information content (AvgIpc) is 3.21. The second-order valence-corrected chi connectivity index (χ2v) is 6.85. The molecule has 1 saturated heterocycles. The smallest absolute Gasteiger partial charge is 0.347 e. The van der Waals surface area contributed by atoms with Crippen LogP contribution in [0.2, 0.25) is 0 Å². The van der Waals surface area contributed by atoms with E-state index in [4.69, 9.17) is 30.2 Å². The number of ketones is 1. The molecule has 0 radical (unpaired) electrons. The van der Waals surface area contributed by atoms with Crippen LogP contribution in [0.1, 0.15) is 33.8 Å². The van der Waals surface area contributed by atoms with Crippen LogP contribution < -0.4 is 15.1 Å². The molecule has 2 aromatic rings. The number of alkyl halides is 1. The molecule has 25 heavy (non-hydrogen) atoms. The summed E-state index contributed by atoms with van der Waals surface area (Å²) in [6.07, 6.45) is -1.22. The zero-order valence-corrected chi connectivity index (χ0v) is 13.8. The molecule has 1 aromatic heterocycles. The van der Waals surface area contributed by atoms with E-state index < -0.39 is 29.5 Å². The number of aliphatic hydroxyl groups is 1. The molecule has 4 atom stereocenters. The number of hydrogen-bond donors (Lipinski definition) is 1. The van der Waals surface area contributed by atoms with Crippen LogP contribution in [0.5, 0.6) is 11.5 Å². The molecule has 3 heterocycles. The van der Waals surface area contributed by atoms with Gasteiger partial charge in [0.1, 0.15) is 22.6 Å². The fraction of sp³-hybridized carbons (Fsp3) is 0.412. The molecule has 7 nitrogen and oxygen atoms in total. The van der Waals surface area contributed by atoms with Gasteiger partial charge in [-0.15, -0.1) is 11.6 Å². The molecule has 1 aromatic carbocycles. The van der Waals surface area contributed by atoms with Gasteiger partial charge in [0, 0.05) is 18.1 Å². The van der Waals surface area contributed by atoms with Gasteiger partial charge in [-0.2, -0.15) is 0 Å². The van der Waals surface area contributed by atoms with E-state index in [0.717, 1.165) is 0 Å². The second-order valence-electron chi connectivity index (χ2n) is 6.34. The van der Waals surface area contributed by atoms with E-state index in [1.165, 1.54) is 7.11 Å². The molecule has 2 aliphatic heterocycles. The maximum absolute atomic E-state index is 12.4. The first-order valence-electron chi connectivity index (χ1n) is 7.89. The summed E-state index contributed by atoms with van der Waals surface area (Å²) >= 11 is 6.29. The van der Waals surface area contributed by atoms with Crippen molar-refractivity contribution in [2.45, 2.75) is 36.7 Å². The third-order valence-electron chi connectivity index (χ3n) is 5.11. The van der Waals surface area contributed by atoms with Gasteiger partial charge in [-0.1, -0.05) is 0 Å². The van der Waals surface area contributed by atoms with Gasteiger partial charge in [0.15, 0.2) is 12.1 Å². The van der Waals surface area contributed by atoms with Crippen molar-refractivity contribution >= 4 is 28.4 Å². The van der Waals surface area contributed by atoms with Crippen LogP contribution in [0, 0.1) is 0 Å². The fourth-order valence-corrected chi connectivity index (χ4v) is 4.33. The zero-order chi connectivity index (χ0) is 17.5. The molecule has 0 amide bonds. The number of ether oxygens (including phenoxy) is 3. The summed E-state index contributed by atoms with van der Waals surface area (Å²) in [5.74, 6) is 0.176. The number of halogens is 1.